The Labute approximate surface area is 154 Å². The van der Waals surface area contributed by atoms with Gasteiger partial charge in [0.05, 0.1) is 17.2 Å². The Morgan fingerprint density at radius 2 is 1.46 bits per heavy atom. The van der Waals surface area contributed by atoms with Crippen LogP contribution in [0.2, 0.25) is 0 Å². The minimum absolute atomic E-state index is 0.0961. The molecule has 0 aliphatic rings. The fourth-order valence-electron chi connectivity index (χ4n) is 3.31. The molecule has 4 rings (SSSR count). The zero-order chi connectivity index (χ0) is 17.9. The maximum Gasteiger partial charge on any atom is 0.129 e. The first kappa shape index (κ1) is 16.3. The van der Waals surface area contributed by atoms with Gasteiger partial charge in [-0.25, -0.2) is 0 Å². The van der Waals surface area contributed by atoms with Gasteiger partial charge in [0.2, 0.25) is 0 Å². The van der Waals surface area contributed by atoms with Crippen LogP contribution in [0.25, 0.3) is 33.2 Å². The van der Waals surface area contributed by atoms with Gasteiger partial charge >= 0.3 is 0 Å². The van der Waals surface area contributed by atoms with Crippen molar-refractivity contribution in [2.75, 3.05) is 0 Å². The van der Waals surface area contributed by atoms with E-state index in [0.717, 1.165) is 27.8 Å². The Morgan fingerprint density at radius 1 is 0.731 bits per heavy atom. The average Bonchev–Trinajstić information content (AvgIpc) is 2.68. The summed E-state index contributed by atoms with van der Waals surface area (Å²) in [6.07, 6.45) is 1.94. The number of nitrogens with zero attached hydrogens (tertiary/aromatic N) is 1. The monoisotopic (exact) mass is 339 g/mol. The van der Waals surface area contributed by atoms with Gasteiger partial charge in [0, 0.05) is 11.6 Å². The predicted octanol–water partition coefficient (Wildman–Crippen LogP) is 6.36. The smallest absolute Gasteiger partial charge is 0.129 e. The summed E-state index contributed by atoms with van der Waals surface area (Å²) < 4.78 is 6.16. The van der Waals surface area contributed by atoms with Crippen molar-refractivity contribution >= 4 is 10.9 Å². The number of fused-ring (bicyclic) bond motifs is 1. The number of aromatic nitrogens is 1. The van der Waals surface area contributed by atoms with E-state index in [-0.39, 0.29) is 6.10 Å². The van der Waals surface area contributed by atoms with Crippen LogP contribution in [0.4, 0.5) is 0 Å². The lowest BCUT2D eigenvalue weighted by molar-refractivity contribution is 0.244. The van der Waals surface area contributed by atoms with Crippen LogP contribution in [0.1, 0.15) is 13.8 Å². The highest BCUT2D eigenvalue weighted by Crippen LogP contribution is 2.41. The van der Waals surface area contributed by atoms with Crippen molar-refractivity contribution in [3.8, 4) is 28.0 Å². The first-order valence-corrected chi connectivity index (χ1v) is 8.93. The summed E-state index contributed by atoms with van der Waals surface area (Å²) in [5.74, 6) is 0.870. The SMILES string of the molecule is CC(C)Oc1ccc2cccnc2c1-c1ccccc1-c1ccccc1. The molecular formula is C24H21NO. The second-order valence-electron chi connectivity index (χ2n) is 6.59. The van der Waals surface area contributed by atoms with Gasteiger partial charge in [-0.2, -0.15) is 0 Å². The molecule has 0 aliphatic heterocycles. The molecule has 0 fully saturated rings. The fraction of sp³-hybridized carbons (Fsp3) is 0.125. The Balaban J connectivity index is 2.03. The molecular weight excluding hydrogens is 318 g/mol. The normalized spacial score (nSPS) is 11.0. The zero-order valence-corrected chi connectivity index (χ0v) is 15.0. The lowest BCUT2D eigenvalue weighted by atomic mass is 9.92. The summed E-state index contributed by atoms with van der Waals surface area (Å²) in [7, 11) is 0. The lowest BCUT2D eigenvalue weighted by Crippen LogP contribution is -2.07. The van der Waals surface area contributed by atoms with E-state index in [0.29, 0.717) is 0 Å². The number of pyridine rings is 1. The molecule has 0 N–H and O–H groups in total. The van der Waals surface area contributed by atoms with Crippen LogP contribution < -0.4 is 4.74 Å². The minimum Gasteiger partial charge on any atom is -0.490 e. The second-order valence-corrected chi connectivity index (χ2v) is 6.59. The second kappa shape index (κ2) is 7.01. The summed E-state index contributed by atoms with van der Waals surface area (Å²) >= 11 is 0. The number of benzene rings is 3. The van der Waals surface area contributed by atoms with E-state index in [1.165, 1.54) is 11.1 Å². The van der Waals surface area contributed by atoms with E-state index in [2.05, 4.69) is 85.6 Å². The summed E-state index contributed by atoms with van der Waals surface area (Å²) in [5.41, 5.74) is 5.52. The van der Waals surface area contributed by atoms with Gasteiger partial charge in [-0.1, -0.05) is 60.7 Å². The van der Waals surface area contributed by atoms with Crippen LogP contribution in [0, 0.1) is 0 Å². The van der Waals surface area contributed by atoms with E-state index in [1.807, 2.05) is 18.3 Å². The van der Waals surface area contributed by atoms with Gasteiger partial charge in [0.25, 0.3) is 0 Å². The van der Waals surface area contributed by atoms with Crippen LogP contribution in [0.3, 0.4) is 0 Å². The first-order valence-electron chi connectivity index (χ1n) is 8.93. The molecule has 3 aromatic carbocycles. The molecule has 0 saturated carbocycles. The molecule has 0 bridgehead atoms. The maximum atomic E-state index is 6.16. The first-order chi connectivity index (χ1) is 12.7. The average molecular weight is 339 g/mol. The van der Waals surface area contributed by atoms with Gasteiger partial charge < -0.3 is 4.74 Å². The molecule has 0 saturated heterocycles. The van der Waals surface area contributed by atoms with Crippen molar-refractivity contribution in [3.63, 3.8) is 0 Å². The minimum atomic E-state index is 0.0961. The lowest BCUT2D eigenvalue weighted by Gasteiger charge is -2.18. The molecule has 1 aromatic heterocycles. The number of rotatable bonds is 4. The number of hydrogen-bond acceptors (Lipinski definition) is 2. The third-order valence-corrected chi connectivity index (χ3v) is 4.38. The summed E-state index contributed by atoms with van der Waals surface area (Å²) in [6, 6.07) is 27.1. The van der Waals surface area contributed by atoms with Crippen LogP contribution in [-0.4, -0.2) is 11.1 Å². The van der Waals surface area contributed by atoms with Crippen LogP contribution in [0.15, 0.2) is 85.1 Å². The Bertz CT molecular complexity index is 1040. The van der Waals surface area contributed by atoms with Gasteiger partial charge in [-0.05, 0) is 48.7 Å². The van der Waals surface area contributed by atoms with Gasteiger partial charge in [-0.3, -0.25) is 4.98 Å². The fourth-order valence-corrected chi connectivity index (χ4v) is 3.31. The maximum absolute atomic E-state index is 6.16. The molecule has 0 radical (unpaired) electrons. The molecule has 26 heavy (non-hydrogen) atoms. The van der Waals surface area contributed by atoms with Crippen LogP contribution >= 0.6 is 0 Å². The van der Waals surface area contributed by atoms with Crippen molar-refractivity contribution in [1.82, 2.24) is 4.98 Å². The Morgan fingerprint density at radius 3 is 2.23 bits per heavy atom. The topological polar surface area (TPSA) is 22.1 Å². The van der Waals surface area contributed by atoms with Crippen molar-refractivity contribution in [3.05, 3.63) is 85.1 Å². The Kier molecular flexibility index (Phi) is 4.40. The van der Waals surface area contributed by atoms with Gasteiger partial charge in [0.15, 0.2) is 0 Å². The molecule has 0 unspecified atom stereocenters. The highest BCUT2D eigenvalue weighted by Gasteiger charge is 2.17. The van der Waals surface area contributed by atoms with Gasteiger partial charge in [-0.15, -0.1) is 0 Å². The van der Waals surface area contributed by atoms with E-state index in [9.17, 15) is 0 Å². The molecule has 1 heterocycles. The summed E-state index contributed by atoms with van der Waals surface area (Å²) in [4.78, 5) is 4.68. The number of hydrogen-bond donors (Lipinski definition) is 0. The third-order valence-electron chi connectivity index (χ3n) is 4.38. The molecule has 0 atom stereocenters. The molecule has 4 aromatic rings. The molecule has 0 aliphatic carbocycles. The van der Waals surface area contributed by atoms with Gasteiger partial charge in [0.1, 0.15) is 5.75 Å². The molecule has 128 valence electrons. The third kappa shape index (κ3) is 3.06. The molecule has 2 heteroatoms. The summed E-state index contributed by atoms with van der Waals surface area (Å²) in [5, 5.41) is 1.11. The number of ether oxygens (including phenoxy) is 1. The predicted molar refractivity (Wildman–Crippen MR) is 108 cm³/mol. The van der Waals surface area contributed by atoms with Crippen molar-refractivity contribution in [1.29, 1.82) is 0 Å². The van der Waals surface area contributed by atoms with E-state index in [4.69, 9.17) is 4.74 Å². The van der Waals surface area contributed by atoms with Crippen LogP contribution in [-0.2, 0) is 0 Å². The van der Waals surface area contributed by atoms with E-state index >= 15 is 0 Å². The molecule has 0 spiro atoms. The zero-order valence-electron chi connectivity index (χ0n) is 15.0. The van der Waals surface area contributed by atoms with Crippen LogP contribution in [0.5, 0.6) is 5.75 Å². The standard InChI is InChI=1S/C24H21NO/c1-17(2)26-22-15-14-19-11-8-16-25-24(19)23(22)21-13-7-6-12-20(21)18-9-4-3-5-10-18/h3-17H,1-2H3. The Hall–Kier alpha value is -3.13. The van der Waals surface area contributed by atoms with Crippen molar-refractivity contribution in [2.45, 2.75) is 20.0 Å². The summed E-state index contributed by atoms with van der Waals surface area (Å²) in [6.45, 7) is 4.10. The quantitative estimate of drug-likeness (QED) is 0.432. The highest BCUT2D eigenvalue weighted by molar-refractivity contribution is 6.01. The molecule has 2 nitrogen and oxygen atoms in total. The highest BCUT2D eigenvalue weighted by atomic mass is 16.5. The van der Waals surface area contributed by atoms with Crippen molar-refractivity contribution in [2.24, 2.45) is 0 Å². The largest absolute Gasteiger partial charge is 0.490 e. The van der Waals surface area contributed by atoms with Crippen molar-refractivity contribution < 1.29 is 4.74 Å². The van der Waals surface area contributed by atoms with E-state index in [1.54, 1.807) is 0 Å². The molecule has 0 amide bonds. The van der Waals surface area contributed by atoms with E-state index < -0.39 is 0 Å².